The van der Waals surface area contributed by atoms with Gasteiger partial charge in [-0.3, -0.25) is 0 Å². The fraction of sp³-hybridized carbons (Fsp3) is 0.333. The summed E-state index contributed by atoms with van der Waals surface area (Å²) in [4.78, 5) is 13.5. The average molecular weight is 251 g/mol. The van der Waals surface area contributed by atoms with Crippen LogP contribution in [-0.2, 0) is 6.54 Å². The molecule has 0 fully saturated rings. The first-order chi connectivity index (χ1) is 8.04. The van der Waals surface area contributed by atoms with Crippen LogP contribution in [0.15, 0.2) is 24.3 Å². The van der Waals surface area contributed by atoms with Gasteiger partial charge < -0.3 is 16.0 Å². The number of thiocarbonyl (C=S) groups is 1. The van der Waals surface area contributed by atoms with Gasteiger partial charge in [0.2, 0.25) is 0 Å². The molecule has 0 heterocycles. The number of amides is 2. The fourth-order valence-electron chi connectivity index (χ4n) is 1.29. The number of carbonyl (C=O) groups is 1. The Morgan fingerprint density at radius 2 is 2.24 bits per heavy atom. The molecule has 0 radical (unpaired) electrons. The van der Waals surface area contributed by atoms with E-state index >= 15 is 0 Å². The molecule has 0 aliphatic rings. The average Bonchev–Trinajstić information content (AvgIpc) is 2.35. The highest BCUT2D eigenvalue weighted by Crippen LogP contribution is 2.05. The fourth-order valence-corrected chi connectivity index (χ4v) is 1.42. The number of nitrogens with one attached hydrogen (secondary N) is 1. The molecule has 17 heavy (non-hydrogen) atoms. The van der Waals surface area contributed by atoms with Crippen molar-refractivity contribution in [3.63, 3.8) is 0 Å². The maximum atomic E-state index is 11.5. The minimum Gasteiger partial charge on any atom is -0.389 e. The number of hydrogen-bond acceptors (Lipinski definition) is 2. The highest BCUT2D eigenvalue weighted by atomic mass is 32.1. The van der Waals surface area contributed by atoms with E-state index in [-0.39, 0.29) is 6.03 Å². The number of nitrogens with zero attached hydrogens (tertiary/aromatic N) is 1. The van der Waals surface area contributed by atoms with Crippen LogP contribution in [-0.4, -0.2) is 29.5 Å². The monoisotopic (exact) mass is 251 g/mol. The number of carbonyl (C=O) groups excluding carboxylic acids is 1. The van der Waals surface area contributed by atoms with Gasteiger partial charge in [0.05, 0.1) is 0 Å². The molecule has 0 bridgehead atoms. The molecule has 5 heteroatoms. The minimum atomic E-state index is -0.0896. The van der Waals surface area contributed by atoms with Gasteiger partial charge in [-0.15, -0.1) is 0 Å². The van der Waals surface area contributed by atoms with E-state index < -0.39 is 0 Å². The summed E-state index contributed by atoms with van der Waals surface area (Å²) < 4.78 is 0. The molecule has 0 atom stereocenters. The molecule has 1 aromatic rings. The zero-order valence-corrected chi connectivity index (χ0v) is 10.9. The first-order valence-corrected chi connectivity index (χ1v) is 5.83. The van der Waals surface area contributed by atoms with Crippen molar-refractivity contribution in [3.8, 4) is 0 Å². The van der Waals surface area contributed by atoms with Gasteiger partial charge in [0.1, 0.15) is 4.99 Å². The third-order valence-corrected chi connectivity index (χ3v) is 2.71. The molecular formula is C12H17N3OS. The summed E-state index contributed by atoms with van der Waals surface area (Å²) in [6, 6.07) is 7.45. The van der Waals surface area contributed by atoms with Crippen LogP contribution in [0.1, 0.15) is 18.1 Å². The summed E-state index contributed by atoms with van der Waals surface area (Å²) in [5.74, 6) is 0. The van der Waals surface area contributed by atoms with Crippen LogP contribution in [0.5, 0.6) is 0 Å². The molecule has 1 aromatic carbocycles. The summed E-state index contributed by atoms with van der Waals surface area (Å²) >= 11 is 4.90. The molecule has 2 amide bonds. The van der Waals surface area contributed by atoms with E-state index in [1.807, 2.05) is 31.2 Å². The summed E-state index contributed by atoms with van der Waals surface area (Å²) in [7, 11) is 1.75. The van der Waals surface area contributed by atoms with Crippen LogP contribution in [0.2, 0.25) is 0 Å². The van der Waals surface area contributed by atoms with E-state index in [4.69, 9.17) is 18.0 Å². The molecule has 3 N–H and O–H groups in total. The molecule has 0 spiro atoms. The quantitative estimate of drug-likeness (QED) is 0.797. The largest absolute Gasteiger partial charge is 0.389 e. The van der Waals surface area contributed by atoms with E-state index in [1.165, 1.54) is 0 Å². The summed E-state index contributed by atoms with van der Waals surface area (Å²) in [6.07, 6.45) is 0. The van der Waals surface area contributed by atoms with Gasteiger partial charge in [-0.05, 0) is 18.6 Å². The Morgan fingerprint density at radius 3 is 2.82 bits per heavy atom. The second-order valence-electron chi connectivity index (χ2n) is 3.74. The Bertz CT molecular complexity index is 420. The zero-order valence-electron chi connectivity index (χ0n) is 10.1. The van der Waals surface area contributed by atoms with Crippen LogP contribution in [0.25, 0.3) is 0 Å². The molecule has 1 rings (SSSR count). The number of hydrogen-bond donors (Lipinski definition) is 2. The predicted molar refractivity (Wildman–Crippen MR) is 72.9 cm³/mol. The van der Waals surface area contributed by atoms with E-state index in [9.17, 15) is 4.79 Å². The number of urea groups is 1. The van der Waals surface area contributed by atoms with Crippen LogP contribution >= 0.6 is 12.2 Å². The van der Waals surface area contributed by atoms with Crippen LogP contribution < -0.4 is 11.1 Å². The number of benzene rings is 1. The Hall–Kier alpha value is -1.62. The SMILES string of the molecule is CCN(C)C(=O)NCc1cccc(C(N)=S)c1. The van der Waals surface area contributed by atoms with Crippen LogP contribution in [0, 0.1) is 0 Å². The Morgan fingerprint density at radius 1 is 1.53 bits per heavy atom. The van der Waals surface area contributed by atoms with Gasteiger partial charge in [0.25, 0.3) is 0 Å². The third kappa shape index (κ3) is 4.03. The lowest BCUT2D eigenvalue weighted by Gasteiger charge is -2.15. The molecule has 0 saturated carbocycles. The highest BCUT2D eigenvalue weighted by molar-refractivity contribution is 7.80. The molecular weight excluding hydrogens is 234 g/mol. The maximum absolute atomic E-state index is 11.5. The van der Waals surface area contributed by atoms with Crippen molar-refractivity contribution in [1.82, 2.24) is 10.2 Å². The van der Waals surface area contributed by atoms with Gasteiger partial charge >= 0.3 is 6.03 Å². The molecule has 4 nitrogen and oxygen atoms in total. The second-order valence-corrected chi connectivity index (χ2v) is 4.18. The van der Waals surface area contributed by atoms with Crippen LogP contribution in [0.4, 0.5) is 4.79 Å². The highest BCUT2D eigenvalue weighted by Gasteiger charge is 2.05. The molecule has 0 aromatic heterocycles. The number of rotatable bonds is 4. The first kappa shape index (κ1) is 13.4. The Labute approximate surface area is 107 Å². The van der Waals surface area contributed by atoms with Crippen molar-refractivity contribution in [1.29, 1.82) is 0 Å². The Balaban J connectivity index is 2.60. The molecule has 92 valence electrons. The molecule has 0 saturated heterocycles. The zero-order chi connectivity index (χ0) is 12.8. The molecule has 0 aliphatic carbocycles. The Kier molecular flexibility index (Phi) is 4.90. The third-order valence-electron chi connectivity index (χ3n) is 2.48. The lowest BCUT2D eigenvalue weighted by atomic mass is 10.1. The van der Waals surface area contributed by atoms with Gasteiger partial charge in [0.15, 0.2) is 0 Å². The van der Waals surface area contributed by atoms with Crippen molar-refractivity contribution in [3.05, 3.63) is 35.4 Å². The topological polar surface area (TPSA) is 58.4 Å². The van der Waals surface area contributed by atoms with E-state index in [0.717, 1.165) is 11.1 Å². The lowest BCUT2D eigenvalue weighted by molar-refractivity contribution is 0.210. The number of nitrogens with two attached hydrogens (primary N) is 1. The summed E-state index contributed by atoms with van der Waals surface area (Å²) in [5.41, 5.74) is 7.34. The van der Waals surface area contributed by atoms with Gasteiger partial charge in [-0.1, -0.05) is 30.4 Å². The van der Waals surface area contributed by atoms with E-state index in [0.29, 0.717) is 18.1 Å². The van der Waals surface area contributed by atoms with Crippen molar-refractivity contribution in [2.75, 3.05) is 13.6 Å². The van der Waals surface area contributed by atoms with Gasteiger partial charge in [-0.2, -0.15) is 0 Å². The van der Waals surface area contributed by atoms with Crippen molar-refractivity contribution >= 4 is 23.2 Å². The minimum absolute atomic E-state index is 0.0896. The van der Waals surface area contributed by atoms with Crippen LogP contribution in [0.3, 0.4) is 0 Å². The standard InChI is InChI=1S/C12H17N3OS/c1-3-15(2)12(16)14-8-9-5-4-6-10(7-9)11(13)17/h4-7H,3,8H2,1-2H3,(H2,13,17)(H,14,16). The molecule has 0 unspecified atom stereocenters. The predicted octanol–water partition coefficient (Wildman–Crippen LogP) is 1.48. The van der Waals surface area contributed by atoms with E-state index in [2.05, 4.69) is 5.32 Å². The molecule has 0 aliphatic heterocycles. The summed E-state index contributed by atoms with van der Waals surface area (Å²) in [5, 5.41) is 2.82. The van der Waals surface area contributed by atoms with Crippen molar-refractivity contribution in [2.45, 2.75) is 13.5 Å². The normalized spacial score (nSPS) is 9.76. The first-order valence-electron chi connectivity index (χ1n) is 5.42. The smallest absolute Gasteiger partial charge is 0.317 e. The van der Waals surface area contributed by atoms with Crippen molar-refractivity contribution in [2.24, 2.45) is 5.73 Å². The van der Waals surface area contributed by atoms with Gasteiger partial charge in [0, 0.05) is 25.7 Å². The summed E-state index contributed by atoms with van der Waals surface area (Å²) in [6.45, 7) is 3.07. The van der Waals surface area contributed by atoms with E-state index in [1.54, 1.807) is 11.9 Å². The van der Waals surface area contributed by atoms with Crippen molar-refractivity contribution < 1.29 is 4.79 Å². The lowest BCUT2D eigenvalue weighted by Crippen LogP contribution is -2.36. The second kappa shape index (κ2) is 6.20. The van der Waals surface area contributed by atoms with Gasteiger partial charge in [-0.25, -0.2) is 4.79 Å². The maximum Gasteiger partial charge on any atom is 0.317 e.